The average molecular weight is 232 g/mol. The summed E-state index contributed by atoms with van der Waals surface area (Å²) < 4.78 is 0. The van der Waals surface area contributed by atoms with Gasteiger partial charge in [-0.2, -0.15) is 0 Å². The van der Waals surface area contributed by atoms with E-state index in [2.05, 4.69) is 31.1 Å². The van der Waals surface area contributed by atoms with E-state index in [-0.39, 0.29) is 0 Å². The molecule has 1 aromatic carbocycles. The minimum atomic E-state index is -1.31. The van der Waals surface area contributed by atoms with Crippen molar-refractivity contribution in [2.24, 2.45) is 0 Å². The number of aliphatic hydroxyl groups is 1. The molecule has 0 aliphatic heterocycles. The van der Waals surface area contributed by atoms with E-state index in [9.17, 15) is 5.11 Å². The van der Waals surface area contributed by atoms with Gasteiger partial charge in [-0.1, -0.05) is 49.5 Å². The second-order valence-electron chi connectivity index (χ2n) is 5.18. The normalized spacial score (nSPS) is 12.8. The smallest absolute Gasteiger partial charge is 0.129 e. The third-order valence-corrected chi connectivity index (χ3v) is 3.15. The van der Waals surface area contributed by atoms with E-state index < -0.39 is 14.2 Å². The molecule has 0 heterocycles. The lowest BCUT2D eigenvalue weighted by molar-refractivity contribution is 0.184. The fourth-order valence-corrected chi connectivity index (χ4v) is 1.95. The zero-order valence-electron chi connectivity index (χ0n) is 10.5. The van der Waals surface area contributed by atoms with Gasteiger partial charge >= 0.3 is 0 Å². The summed E-state index contributed by atoms with van der Waals surface area (Å²) in [6.07, 6.45) is 0.0808. The zero-order valence-corrected chi connectivity index (χ0v) is 11.5. The van der Waals surface area contributed by atoms with E-state index in [1.807, 2.05) is 31.2 Å². The van der Waals surface area contributed by atoms with Crippen LogP contribution in [0.25, 0.3) is 0 Å². The lowest BCUT2D eigenvalue weighted by atomic mass is 10.1. The standard InChI is InChI=1S/C14H20OSi/c1-12-7-9-13(10-8-12)14(15)6-5-11-16(2,3)4/h7-10,14-15H,6H2,1-4H3. The highest BCUT2D eigenvalue weighted by molar-refractivity contribution is 6.83. The largest absolute Gasteiger partial charge is 0.387 e. The molecule has 1 nitrogen and oxygen atoms in total. The summed E-state index contributed by atoms with van der Waals surface area (Å²) in [5.41, 5.74) is 5.43. The van der Waals surface area contributed by atoms with Gasteiger partial charge < -0.3 is 5.11 Å². The zero-order chi connectivity index (χ0) is 12.2. The minimum absolute atomic E-state index is 0.454. The van der Waals surface area contributed by atoms with Crippen molar-refractivity contribution >= 4 is 8.07 Å². The summed E-state index contributed by atoms with van der Waals surface area (Å²) in [6.45, 7) is 8.66. The number of hydrogen-bond donors (Lipinski definition) is 1. The van der Waals surface area contributed by atoms with E-state index in [1.165, 1.54) is 5.56 Å². The van der Waals surface area contributed by atoms with E-state index in [1.54, 1.807) is 0 Å². The SMILES string of the molecule is Cc1ccc(C(O)CC#C[Si](C)(C)C)cc1. The molecule has 1 N–H and O–H groups in total. The molecule has 0 aliphatic carbocycles. The van der Waals surface area contributed by atoms with Crippen molar-refractivity contribution in [1.82, 2.24) is 0 Å². The maximum absolute atomic E-state index is 9.92. The Morgan fingerprint density at radius 1 is 1.19 bits per heavy atom. The Morgan fingerprint density at radius 3 is 2.25 bits per heavy atom. The van der Waals surface area contributed by atoms with Gasteiger partial charge in [0.25, 0.3) is 0 Å². The van der Waals surface area contributed by atoms with Crippen molar-refractivity contribution in [2.75, 3.05) is 0 Å². The predicted octanol–water partition coefficient (Wildman–Crippen LogP) is 3.30. The number of rotatable bonds is 2. The molecule has 0 bridgehead atoms. The molecule has 2 heteroatoms. The van der Waals surface area contributed by atoms with E-state index >= 15 is 0 Å². The highest BCUT2D eigenvalue weighted by Gasteiger charge is 2.09. The molecule has 0 amide bonds. The van der Waals surface area contributed by atoms with Crippen molar-refractivity contribution in [3.63, 3.8) is 0 Å². The molecular weight excluding hydrogens is 212 g/mol. The van der Waals surface area contributed by atoms with Gasteiger partial charge in [0.05, 0.1) is 6.10 Å². The molecule has 0 aromatic heterocycles. The number of aliphatic hydroxyl groups excluding tert-OH is 1. The Balaban J connectivity index is 2.62. The molecule has 0 saturated heterocycles. The lowest BCUT2D eigenvalue weighted by Crippen LogP contribution is -2.16. The monoisotopic (exact) mass is 232 g/mol. The van der Waals surface area contributed by atoms with Crippen LogP contribution in [0.4, 0.5) is 0 Å². The van der Waals surface area contributed by atoms with Crippen LogP contribution in [-0.2, 0) is 0 Å². The summed E-state index contributed by atoms with van der Waals surface area (Å²) in [5.74, 6) is 3.10. The molecule has 1 aromatic rings. The van der Waals surface area contributed by atoms with Crippen molar-refractivity contribution in [2.45, 2.75) is 39.1 Å². The van der Waals surface area contributed by atoms with Gasteiger partial charge in [0, 0.05) is 6.42 Å². The first-order valence-electron chi connectivity index (χ1n) is 5.63. The first kappa shape index (κ1) is 13.0. The topological polar surface area (TPSA) is 20.2 Å². The van der Waals surface area contributed by atoms with Crippen LogP contribution in [0.2, 0.25) is 19.6 Å². The van der Waals surface area contributed by atoms with Crippen LogP contribution in [0, 0.1) is 18.4 Å². The molecule has 1 rings (SSSR count). The van der Waals surface area contributed by atoms with Gasteiger partial charge in [-0.15, -0.1) is 11.5 Å². The number of hydrogen-bond acceptors (Lipinski definition) is 1. The molecule has 0 aliphatic rings. The summed E-state index contributed by atoms with van der Waals surface area (Å²) in [7, 11) is -1.31. The Labute approximate surface area is 99.5 Å². The molecule has 1 atom stereocenters. The molecule has 0 saturated carbocycles. The van der Waals surface area contributed by atoms with Crippen LogP contribution in [0.15, 0.2) is 24.3 Å². The Morgan fingerprint density at radius 2 is 1.75 bits per heavy atom. The van der Waals surface area contributed by atoms with Crippen molar-refractivity contribution < 1.29 is 5.11 Å². The van der Waals surface area contributed by atoms with Gasteiger partial charge in [-0.3, -0.25) is 0 Å². The fraction of sp³-hybridized carbons (Fsp3) is 0.429. The summed E-state index contributed by atoms with van der Waals surface area (Å²) in [6, 6.07) is 7.97. The van der Waals surface area contributed by atoms with Gasteiger partial charge in [-0.05, 0) is 12.5 Å². The van der Waals surface area contributed by atoms with E-state index in [0.29, 0.717) is 6.42 Å². The van der Waals surface area contributed by atoms with Crippen LogP contribution in [0.1, 0.15) is 23.7 Å². The first-order chi connectivity index (χ1) is 7.38. The second kappa shape index (κ2) is 5.34. The highest BCUT2D eigenvalue weighted by Crippen LogP contribution is 2.16. The molecule has 16 heavy (non-hydrogen) atoms. The van der Waals surface area contributed by atoms with Crippen molar-refractivity contribution in [3.8, 4) is 11.5 Å². The first-order valence-corrected chi connectivity index (χ1v) is 9.13. The average Bonchev–Trinajstić information content (AvgIpc) is 2.16. The van der Waals surface area contributed by atoms with Crippen LogP contribution in [-0.4, -0.2) is 13.2 Å². The second-order valence-corrected chi connectivity index (χ2v) is 9.93. The number of aryl methyl sites for hydroxylation is 1. The molecule has 1 unspecified atom stereocenters. The molecule has 0 radical (unpaired) electrons. The van der Waals surface area contributed by atoms with Crippen LogP contribution < -0.4 is 0 Å². The van der Waals surface area contributed by atoms with Crippen molar-refractivity contribution in [1.29, 1.82) is 0 Å². The molecule has 0 spiro atoms. The third kappa shape index (κ3) is 4.65. The van der Waals surface area contributed by atoms with Crippen LogP contribution in [0.3, 0.4) is 0 Å². The van der Waals surface area contributed by atoms with Crippen LogP contribution in [0.5, 0.6) is 0 Å². The fourth-order valence-electron chi connectivity index (χ4n) is 1.32. The van der Waals surface area contributed by atoms with E-state index in [0.717, 1.165) is 5.56 Å². The van der Waals surface area contributed by atoms with Crippen molar-refractivity contribution in [3.05, 3.63) is 35.4 Å². The van der Waals surface area contributed by atoms with Crippen LogP contribution >= 0.6 is 0 Å². The third-order valence-electron chi connectivity index (χ3n) is 2.22. The lowest BCUT2D eigenvalue weighted by Gasteiger charge is -2.08. The Bertz CT molecular complexity index is 389. The molecule has 86 valence electrons. The Hall–Kier alpha value is -1.04. The predicted molar refractivity (Wildman–Crippen MR) is 71.9 cm³/mol. The summed E-state index contributed by atoms with van der Waals surface area (Å²) in [5, 5.41) is 9.92. The van der Waals surface area contributed by atoms with Gasteiger partial charge in [-0.25, -0.2) is 0 Å². The highest BCUT2D eigenvalue weighted by atomic mass is 28.3. The Kier molecular flexibility index (Phi) is 4.34. The van der Waals surface area contributed by atoms with Gasteiger partial charge in [0.1, 0.15) is 8.07 Å². The summed E-state index contributed by atoms with van der Waals surface area (Å²) in [4.78, 5) is 0. The maximum Gasteiger partial charge on any atom is 0.129 e. The van der Waals surface area contributed by atoms with E-state index in [4.69, 9.17) is 0 Å². The molecular formula is C14H20OSi. The molecule has 0 fully saturated rings. The minimum Gasteiger partial charge on any atom is -0.387 e. The summed E-state index contributed by atoms with van der Waals surface area (Å²) >= 11 is 0. The van der Waals surface area contributed by atoms with Gasteiger partial charge in [0.15, 0.2) is 0 Å². The number of benzene rings is 1. The quantitative estimate of drug-likeness (QED) is 0.613. The maximum atomic E-state index is 9.92. The van der Waals surface area contributed by atoms with Gasteiger partial charge in [0.2, 0.25) is 0 Å².